The average molecular weight is 298 g/mol. The third-order valence-corrected chi connectivity index (χ3v) is 4.52. The van der Waals surface area contributed by atoms with Crippen molar-refractivity contribution in [2.24, 2.45) is 0 Å². The molecule has 0 aliphatic carbocycles. The smallest absolute Gasteiger partial charge is 0.178 e. The highest BCUT2D eigenvalue weighted by atomic mass is 32.1. The number of hydrogen-bond donors (Lipinski definition) is 1. The summed E-state index contributed by atoms with van der Waals surface area (Å²) in [4.78, 5) is 19.2. The van der Waals surface area contributed by atoms with Crippen molar-refractivity contribution in [3.63, 3.8) is 0 Å². The van der Waals surface area contributed by atoms with E-state index in [9.17, 15) is 4.79 Å². The summed E-state index contributed by atoms with van der Waals surface area (Å²) in [6.45, 7) is 4.25. The second kappa shape index (κ2) is 6.24. The molecule has 2 aromatic heterocycles. The van der Waals surface area contributed by atoms with Gasteiger partial charge in [0.15, 0.2) is 5.78 Å². The van der Waals surface area contributed by atoms with Gasteiger partial charge in [0.1, 0.15) is 0 Å². The van der Waals surface area contributed by atoms with E-state index in [1.165, 1.54) is 4.88 Å². The van der Waals surface area contributed by atoms with Crippen LogP contribution in [-0.2, 0) is 6.54 Å². The first-order valence-electron chi connectivity index (χ1n) is 7.12. The number of thiophene rings is 1. The zero-order valence-corrected chi connectivity index (χ0v) is 12.8. The number of carbonyl (C=O) groups excluding carboxylic acids is 1. The van der Waals surface area contributed by atoms with E-state index < -0.39 is 0 Å². The van der Waals surface area contributed by atoms with Gasteiger partial charge < -0.3 is 4.98 Å². The van der Waals surface area contributed by atoms with Gasteiger partial charge in [-0.3, -0.25) is 9.69 Å². The minimum absolute atomic E-state index is 0.172. The van der Waals surface area contributed by atoms with E-state index in [0.717, 1.165) is 29.6 Å². The summed E-state index contributed by atoms with van der Waals surface area (Å²) < 4.78 is 0. The Labute approximate surface area is 128 Å². The quantitative estimate of drug-likeness (QED) is 0.700. The van der Waals surface area contributed by atoms with Crippen LogP contribution in [0, 0.1) is 0 Å². The van der Waals surface area contributed by atoms with Crippen LogP contribution in [0.1, 0.15) is 22.2 Å². The van der Waals surface area contributed by atoms with E-state index in [2.05, 4.69) is 34.3 Å². The monoisotopic (exact) mass is 298 g/mol. The molecule has 108 valence electrons. The summed E-state index contributed by atoms with van der Waals surface area (Å²) in [6.07, 6.45) is 1.83. The fraction of sp³-hybridized carbons (Fsp3) is 0.235. The maximum Gasteiger partial charge on any atom is 0.178 e. The maximum atomic E-state index is 12.6. The van der Waals surface area contributed by atoms with Gasteiger partial charge in [-0.2, -0.15) is 0 Å². The van der Waals surface area contributed by atoms with Crippen molar-refractivity contribution in [2.75, 3.05) is 13.1 Å². The van der Waals surface area contributed by atoms with E-state index in [1.54, 1.807) is 11.3 Å². The molecule has 0 aliphatic rings. The lowest BCUT2D eigenvalue weighted by Gasteiger charge is -2.18. The molecular formula is C17H18N2OS. The second-order valence-corrected chi connectivity index (χ2v) is 6.09. The molecule has 2 heterocycles. The van der Waals surface area contributed by atoms with E-state index in [0.29, 0.717) is 6.54 Å². The number of aromatic amines is 1. The molecule has 4 heteroatoms. The topological polar surface area (TPSA) is 36.1 Å². The van der Waals surface area contributed by atoms with E-state index in [-0.39, 0.29) is 5.78 Å². The number of benzene rings is 1. The summed E-state index contributed by atoms with van der Waals surface area (Å²) >= 11 is 1.73. The number of aromatic nitrogens is 1. The Balaban J connectivity index is 1.75. The number of hydrogen-bond acceptors (Lipinski definition) is 3. The largest absolute Gasteiger partial charge is 0.360 e. The Hall–Kier alpha value is -1.91. The van der Waals surface area contributed by atoms with Gasteiger partial charge in [0.25, 0.3) is 0 Å². The van der Waals surface area contributed by atoms with E-state index in [4.69, 9.17) is 0 Å². The molecule has 1 aromatic carbocycles. The van der Waals surface area contributed by atoms with Gasteiger partial charge in [-0.25, -0.2) is 0 Å². The van der Waals surface area contributed by atoms with Crippen LogP contribution < -0.4 is 0 Å². The highest BCUT2D eigenvalue weighted by Gasteiger charge is 2.15. The van der Waals surface area contributed by atoms with Crippen molar-refractivity contribution < 1.29 is 4.79 Å². The Bertz CT molecular complexity index is 730. The summed E-state index contributed by atoms with van der Waals surface area (Å²) in [5.41, 5.74) is 1.80. The lowest BCUT2D eigenvalue weighted by Crippen LogP contribution is -2.29. The number of fused-ring (bicyclic) bond motifs is 1. The molecule has 3 nitrogen and oxygen atoms in total. The number of nitrogens with one attached hydrogen (secondary N) is 1. The van der Waals surface area contributed by atoms with Crippen LogP contribution in [0.4, 0.5) is 0 Å². The van der Waals surface area contributed by atoms with Gasteiger partial charge in [0.05, 0.1) is 6.54 Å². The zero-order valence-electron chi connectivity index (χ0n) is 12.0. The zero-order chi connectivity index (χ0) is 14.7. The van der Waals surface area contributed by atoms with Crippen molar-refractivity contribution in [2.45, 2.75) is 13.5 Å². The molecule has 0 spiro atoms. The number of para-hydroxylation sites is 1. The number of rotatable bonds is 6. The number of carbonyl (C=O) groups is 1. The van der Waals surface area contributed by atoms with Crippen LogP contribution in [-0.4, -0.2) is 28.8 Å². The molecule has 21 heavy (non-hydrogen) atoms. The molecule has 0 saturated carbocycles. The third-order valence-electron chi connectivity index (χ3n) is 3.66. The highest BCUT2D eigenvalue weighted by Crippen LogP contribution is 2.19. The molecule has 0 atom stereocenters. The SMILES string of the molecule is CCN(CC(=O)c1c[nH]c2ccccc12)Cc1cccs1. The highest BCUT2D eigenvalue weighted by molar-refractivity contribution is 7.09. The van der Waals surface area contributed by atoms with E-state index in [1.807, 2.05) is 30.5 Å². The van der Waals surface area contributed by atoms with E-state index >= 15 is 0 Å². The standard InChI is InChI=1S/C17H18N2OS/c1-2-19(11-13-6-5-9-21-13)12-17(20)15-10-18-16-8-4-3-7-14(15)16/h3-10,18H,2,11-12H2,1H3. The fourth-order valence-electron chi connectivity index (χ4n) is 2.49. The van der Waals surface area contributed by atoms with Crippen LogP contribution in [0.25, 0.3) is 10.9 Å². The minimum Gasteiger partial charge on any atom is -0.360 e. The van der Waals surface area contributed by atoms with Crippen LogP contribution in [0.3, 0.4) is 0 Å². The Morgan fingerprint density at radius 1 is 1.24 bits per heavy atom. The summed E-state index contributed by atoms with van der Waals surface area (Å²) in [5.74, 6) is 0.172. The molecular weight excluding hydrogens is 280 g/mol. The van der Waals surface area contributed by atoms with Gasteiger partial charge >= 0.3 is 0 Å². The summed E-state index contributed by atoms with van der Waals surface area (Å²) in [5, 5.41) is 3.08. The molecule has 0 aliphatic heterocycles. The minimum atomic E-state index is 0.172. The predicted molar refractivity (Wildman–Crippen MR) is 87.9 cm³/mol. The van der Waals surface area contributed by atoms with Crippen LogP contribution in [0.2, 0.25) is 0 Å². The van der Waals surface area contributed by atoms with Crippen LogP contribution >= 0.6 is 11.3 Å². The fourth-order valence-corrected chi connectivity index (χ4v) is 3.24. The molecule has 0 unspecified atom stereocenters. The van der Waals surface area contributed by atoms with Crippen LogP contribution in [0.5, 0.6) is 0 Å². The van der Waals surface area contributed by atoms with Gasteiger partial charge in [-0.15, -0.1) is 11.3 Å². The normalized spacial score (nSPS) is 11.3. The van der Waals surface area contributed by atoms with Crippen molar-refractivity contribution in [3.8, 4) is 0 Å². The molecule has 0 fully saturated rings. The first kappa shape index (κ1) is 14.0. The van der Waals surface area contributed by atoms with Crippen molar-refractivity contribution in [3.05, 3.63) is 58.4 Å². The summed E-state index contributed by atoms with van der Waals surface area (Å²) in [6, 6.07) is 12.1. The molecule has 3 rings (SSSR count). The lowest BCUT2D eigenvalue weighted by atomic mass is 10.1. The van der Waals surface area contributed by atoms with Gasteiger partial charge in [-0.1, -0.05) is 31.2 Å². The van der Waals surface area contributed by atoms with Gasteiger partial charge in [0.2, 0.25) is 0 Å². The number of H-pyrrole nitrogens is 1. The van der Waals surface area contributed by atoms with Crippen molar-refractivity contribution >= 4 is 28.0 Å². The molecule has 0 saturated heterocycles. The Kier molecular flexibility index (Phi) is 4.18. The van der Waals surface area contributed by atoms with Gasteiger partial charge in [-0.05, 0) is 24.1 Å². The lowest BCUT2D eigenvalue weighted by molar-refractivity contribution is 0.0932. The second-order valence-electron chi connectivity index (χ2n) is 5.05. The summed E-state index contributed by atoms with van der Waals surface area (Å²) in [7, 11) is 0. The first-order chi connectivity index (χ1) is 10.3. The Morgan fingerprint density at radius 2 is 2.10 bits per heavy atom. The molecule has 0 radical (unpaired) electrons. The maximum absolute atomic E-state index is 12.6. The Morgan fingerprint density at radius 3 is 2.86 bits per heavy atom. The van der Waals surface area contributed by atoms with Gasteiger partial charge in [0, 0.05) is 34.1 Å². The molecule has 0 bridgehead atoms. The molecule has 3 aromatic rings. The number of nitrogens with zero attached hydrogens (tertiary/aromatic N) is 1. The molecule has 1 N–H and O–H groups in total. The predicted octanol–water partition coefficient (Wildman–Crippen LogP) is 3.93. The number of Topliss-reactive ketones (excluding diaryl/α,β-unsaturated/α-hetero) is 1. The van der Waals surface area contributed by atoms with Crippen molar-refractivity contribution in [1.82, 2.24) is 9.88 Å². The number of ketones is 1. The average Bonchev–Trinajstić information content (AvgIpc) is 3.15. The first-order valence-corrected chi connectivity index (χ1v) is 8.00. The number of likely N-dealkylation sites (N-methyl/N-ethyl adjacent to an activating group) is 1. The third kappa shape index (κ3) is 3.06. The molecule has 0 amide bonds. The van der Waals surface area contributed by atoms with Crippen molar-refractivity contribution in [1.29, 1.82) is 0 Å². The van der Waals surface area contributed by atoms with Crippen LogP contribution in [0.15, 0.2) is 48.0 Å².